The molecule has 6 nitrogen and oxygen atoms in total. The highest BCUT2D eigenvalue weighted by Crippen LogP contribution is 2.26. The number of fused-ring (bicyclic) bond motifs is 1. The first-order chi connectivity index (χ1) is 10.1. The minimum Gasteiger partial charge on any atom is -0.409 e. The van der Waals surface area contributed by atoms with E-state index in [1.54, 1.807) is 4.68 Å². The van der Waals surface area contributed by atoms with Crippen molar-refractivity contribution in [3.8, 4) is 5.69 Å². The minimum absolute atomic E-state index is 0.0873. The number of aromatic nitrogens is 3. The van der Waals surface area contributed by atoms with Crippen LogP contribution >= 0.6 is 0 Å². The molecule has 3 N–H and O–H groups in total. The molecule has 2 aromatic carbocycles. The Morgan fingerprint density at radius 3 is 2.48 bits per heavy atom. The van der Waals surface area contributed by atoms with Gasteiger partial charge in [0, 0.05) is 10.9 Å². The third kappa shape index (κ3) is 2.10. The van der Waals surface area contributed by atoms with Crippen LogP contribution in [0.25, 0.3) is 16.5 Å². The molecule has 0 aliphatic rings. The molecule has 1 aromatic heterocycles. The van der Waals surface area contributed by atoms with E-state index in [1.165, 1.54) is 0 Å². The Bertz CT molecular complexity index is 850. The van der Waals surface area contributed by atoms with Gasteiger partial charge in [-0.05, 0) is 31.4 Å². The van der Waals surface area contributed by atoms with Gasteiger partial charge < -0.3 is 10.9 Å². The van der Waals surface area contributed by atoms with Gasteiger partial charge in [0.15, 0.2) is 5.84 Å². The van der Waals surface area contributed by atoms with Crippen LogP contribution < -0.4 is 5.73 Å². The van der Waals surface area contributed by atoms with Gasteiger partial charge in [0.05, 0.1) is 5.69 Å². The first-order valence-corrected chi connectivity index (χ1v) is 6.52. The molecule has 106 valence electrons. The fourth-order valence-electron chi connectivity index (χ4n) is 2.49. The van der Waals surface area contributed by atoms with E-state index >= 15 is 0 Å². The Balaban J connectivity index is 2.34. The highest BCUT2D eigenvalue weighted by molar-refractivity contribution is 6.10. The van der Waals surface area contributed by atoms with E-state index < -0.39 is 0 Å². The van der Waals surface area contributed by atoms with Crippen LogP contribution in [-0.4, -0.2) is 25.8 Å². The third-order valence-electron chi connectivity index (χ3n) is 3.39. The fourth-order valence-corrected chi connectivity index (χ4v) is 2.49. The number of aryl methyl sites for hydroxylation is 2. The zero-order valence-electron chi connectivity index (χ0n) is 11.8. The van der Waals surface area contributed by atoms with Crippen molar-refractivity contribution >= 4 is 16.6 Å². The number of hydrogen-bond acceptors (Lipinski definition) is 4. The normalized spacial score (nSPS) is 12.0. The van der Waals surface area contributed by atoms with Crippen molar-refractivity contribution in [1.29, 1.82) is 0 Å². The van der Waals surface area contributed by atoms with Crippen LogP contribution in [0.2, 0.25) is 0 Å². The molecular weight excluding hydrogens is 266 g/mol. The van der Waals surface area contributed by atoms with Gasteiger partial charge in [0.25, 0.3) is 0 Å². The predicted molar refractivity (Wildman–Crippen MR) is 80.8 cm³/mol. The molecule has 21 heavy (non-hydrogen) atoms. The second-order valence-corrected chi connectivity index (χ2v) is 4.78. The van der Waals surface area contributed by atoms with E-state index in [0.29, 0.717) is 5.56 Å². The average molecular weight is 281 g/mol. The molecule has 0 saturated heterocycles. The maximum atomic E-state index is 8.92. The van der Waals surface area contributed by atoms with Crippen LogP contribution in [-0.2, 0) is 0 Å². The summed E-state index contributed by atoms with van der Waals surface area (Å²) in [6.45, 7) is 3.77. The largest absolute Gasteiger partial charge is 0.409 e. The molecule has 0 bridgehead atoms. The number of oxime groups is 1. The van der Waals surface area contributed by atoms with Crippen molar-refractivity contribution in [2.75, 3.05) is 0 Å². The van der Waals surface area contributed by atoms with Crippen molar-refractivity contribution in [2.45, 2.75) is 13.8 Å². The fraction of sp³-hybridized carbons (Fsp3) is 0.133. The topological polar surface area (TPSA) is 89.3 Å². The summed E-state index contributed by atoms with van der Waals surface area (Å²) in [5.41, 5.74) is 7.35. The van der Waals surface area contributed by atoms with Crippen LogP contribution in [0.15, 0.2) is 41.6 Å². The Hall–Kier alpha value is -2.89. The molecule has 3 rings (SSSR count). The van der Waals surface area contributed by atoms with E-state index in [-0.39, 0.29) is 5.84 Å². The van der Waals surface area contributed by atoms with E-state index in [1.807, 2.05) is 50.2 Å². The van der Waals surface area contributed by atoms with Crippen LogP contribution in [0, 0.1) is 13.8 Å². The van der Waals surface area contributed by atoms with Crippen LogP contribution in [0.3, 0.4) is 0 Å². The van der Waals surface area contributed by atoms with Crippen molar-refractivity contribution in [1.82, 2.24) is 14.8 Å². The second kappa shape index (κ2) is 4.90. The van der Waals surface area contributed by atoms with Crippen molar-refractivity contribution in [3.05, 3.63) is 53.6 Å². The van der Waals surface area contributed by atoms with E-state index in [4.69, 9.17) is 10.9 Å². The zero-order chi connectivity index (χ0) is 15.0. The molecule has 0 fully saturated rings. The molecule has 3 aromatic rings. The van der Waals surface area contributed by atoms with Gasteiger partial charge in [-0.1, -0.05) is 29.4 Å². The molecule has 0 saturated carbocycles. The van der Waals surface area contributed by atoms with Crippen molar-refractivity contribution in [2.24, 2.45) is 10.9 Å². The smallest absolute Gasteiger partial charge is 0.170 e. The van der Waals surface area contributed by atoms with Gasteiger partial charge in [0.1, 0.15) is 11.6 Å². The number of rotatable bonds is 2. The summed E-state index contributed by atoms with van der Waals surface area (Å²) in [5.74, 6) is 1.62. The van der Waals surface area contributed by atoms with Crippen LogP contribution in [0.4, 0.5) is 0 Å². The Kier molecular flexibility index (Phi) is 3.06. The lowest BCUT2D eigenvalue weighted by Crippen LogP contribution is -2.14. The molecule has 0 aliphatic carbocycles. The number of amidine groups is 1. The summed E-state index contributed by atoms with van der Waals surface area (Å²) < 4.78 is 1.80. The van der Waals surface area contributed by atoms with Crippen LogP contribution in [0.5, 0.6) is 0 Å². The minimum atomic E-state index is 0.0873. The molecule has 0 radical (unpaired) electrons. The average Bonchev–Trinajstić information content (AvgIpc) is 2.84. The second-order valence-electron chi connectivity index (χ2n) is 4.78. The molecule has 0 atom stereocenters. The summed E-state index contributed by atoms with van der Waals surface area (Å²) >= 11 is 0. The molecule has 0 amide bonds. The third-order valence-corrected chi connectivity index (χ3v) is 3.39. The SMILES string of the molecule is Cc1nc(C)n(-c2ccc(/C(N)=N/O)c3ccccc23)n1. The molecule has 0 unspecified atom stereocenters. The Morgan fingerprint density at radius 2 is 1.86 bits per heavy atom. The summed E-state index contributed by atoms with van der Waals surface area (Å²) in [7, 11) is 0. The lowest BCUT2D eigenvalue weighted by Gasteiger charge is -2.11. The monoisotopic (exact) mass is 281 g/mol. The van der Waals surface area contributed by atoms with Crippen molar-refractivity contribution in [3.63, 3.8) is 0 Å². The summed E-state index contributed by atoms with van der Waals surface area (Å²) in [6, 6.07) is 11.5. The highest BCUT2D eigenvalue weighted by atomic mass is 16.4. The molecule has 6 heteroatoms. The van der Waals surface area contributed by atoms with E-state index in [0.717, 1.165) is 28.1 Å². The van der Waals surface area contributed by atoms with E-state index in [9.17, 15) is 0 Å². The number of nitrogens with zero attached hydrogens (tertiary/aromatic N) is 4. The van der Waals surface area contributed by atoms with Gasteiger partial charge in [-0.25, -0.2) is 9.67 Å². The summed E-state index contributed by atoms with van der Waals surface area (Å²) in [6.07, 6.45) is 0. The highest BCUT2D eigenvalue weighted by Gasteiger charge is 2.12. The lowest BCUT2D eigenvalue weighted by molar-refractivity contribution is 0.318. The molecular formula is C15H15N5O. The first-order valence-electron chi connectivity index (χ1n) is 6.52. The van der Waals surface area contributed by atoms with Crippen LogP contribution in [0.1, 0.15) is 17.2 Å². The summed E-state index contributed by atoms with van der Waals surface area (Å²) in [5, 5.41) is 18.3. The van der Waals surface area contributed by atoms with Gasteiger partial charge in [-0.2, -0.15) is 5.10 Å². The van der Waals surface area contributed by atoms with Gasteiger partial charge in [-0.3, -0.25) is 0 Å². The Labute approximate surface area is 121 Å². The van der Waals surface area contributed by atoms with Gasteiger partial charge in [-0.15, -0.1) is 0 Å². The quantitative estimate of drug-likeness (QED) is 0.326. The molecule has 0 spiro atoms. The molecule has 0 aliphatic heterocycles. The lowest BCUT2D eigenvalue weighted by atomic mass is 10.0. The standard InChI is InChI=1S/C15H15N5O/c1-9-17-10(2)20(18-9)14-8-7-13(15(16)19-21)11-5-3-4-6-12(11)14/h3-8,21H,1-2H3,(H2,16,19). The Morgan fingerprint density at radius 1 is 1.14 bits per heavy atom. The first kappa shape index (κ1) is 13.1. The number of benzene rings is 2. The maximum absolute atomic E-state index is 8.92. The number of nitrogens with two attached hydrogens (primary N) is 1. The van der Waals surface area contributed by atoms with E-state index in [2.05, 4.69) is 15.2 Å². The van der Waals surface area contributed by atoms with Gasteiger partial charge in [0.2, 0.25) is 0 Å². The maximum Gasteiger partial charge on any atom is 0.170 e. The predicted octanol–water partition coefficient (Wildman–Crippen LogP) is 2.13. The molecule has 1 heterocycles. The number of hydrogen-bond donors (Lipinski definition) is 2. The summed E-state index contributed by atoms with van der Waals surface area (Å²) in [4.78, 5) is 4.33. The van der Waals surface area contributed by atoms with Crippen molar-refractivity contribution < 1.29 is 5.21 Å². The zero-order valence-corrected chi connectivity index (χ0v) is 11.8. The van der Waals surface area contributed by atoms with Gasteiger partial charge >= 0.3 is 0 Å².